The number of alkyl halides is 3. The molecule has 0 aliphatic rings. The second-order valence-corrected chi connectivity index (χ2v) is 5.47. The van der Waals surface area contributed by atoms with Crippen molar-refractivity contribution in [3.8, 4) is 11.1 Å². The highest BCUT2D eigenvalue weighted by molar-refractivity contribution is 5.69. The molecule has 0 unspecified atom stereocenters. The van der Waals surface area contributed by atoms with Gasteiger partial charge in [0.05, 0.1) is 5.56 Å². The normalized spacial score (nSPS) is 12.0. The third-order valence-electron chi connectivity index (χ3n) is 3.36. The maximum absolute atomic E-state index is 13.6. The van der Waals surface area contributed by atoms with Crippen LogP contribution in [0, 0.1) is 12.7 Å². The van der Waals surface area contributed by atoms with Gasteiger partial charge in [0.25, 0.3) is 0 Å². The molecule has 0 aromatic heterocycles. The van der Waals surface area contributed by atoms with E-state index in [1.54, 1.807) is 13.0 Å². The molecular weight excluding hydrogens is 280 g/mol. The topological polar surface area (TPSA) is 0 Å². The van der Waals surface area contributed by atoms with Gasteiger partial charge < -0.3 is 0 Å². The molecule has 0 fully saturated rings. The highest BCUT2D eigenvalue weighted by Gasteiger charge is 2.31. The van der Waals surface area contributed by atoms with E-state index in [-0.39, 0.29) is 5.92 Å². The number of hydrogen-bond donors (Lipinski definition) is 0. The lowest BCUT2D eigenvalue weighted by Gasteiger charge is -2.16. The van der Waals surface area contributed by atoms with Gasteiger partial charge in [-0.2, -0.15) is 13.2 Å². The number of benzene rings is 2. The predicted molar refractivity (Wildman–Crippen MR) is 75.7 cm³/mol. The Hall–Kier alpha value is -1.84. The van der Waals surface area contributed by atoms with Gasteiger partial charge in [-0.15, -0.1) is 0 Å². The summed E-state index contributed by atoms with van der Waals surface area (Å²) < 4.78 is 52.3. The molecule has 0 bridgehead atoms. The summed E-state index contributed by atoms with van der Waals surface area (Å²) in [5.74, 6) is -0.400. The Morgan fingerprint density at radius 3 is 2.14 bits per heavy atom. The van der Waals surface area contributed by atoms with Crippen LogP contribution in [0.25, 0.3) is 11.1 Å². The summed E-state index contributed by atoms with van der Waals surface area (Å²) in [6.45, 7) is 5.52. The second kappa shape index (κ2) is 5.51. The minimum absolute atomic E-state index is 0.0471. The van der Waals surface area contributed by atoms with Crippen molar-refractivity contribution in [1.29, 1.82) is 0 Å². The van der Waals surface area contributed by atoms with Crippen LogP contribution >= 0.6 is 0 Å². The van der Waals surface area contributed by atoms with E-state index in [1.807, 2.05) is 13.8 Å². The fourth-order valence-corrected chi connectivity index (χ4v) is 2.38. The van der Waals surface area contributed by atoms with Crippen molar-refractivity contribution in [3.63, 3.8) is 0 Å². The van der Waals surface area contributed by atoms with Crippen LogP contribution in [0.5, 0.6) is 0 Å². The SMILES string of the molecule is Cc1cc(F)cc(-c2cc(C(F)(F)F)ccc2C(C)C)c1. The van der Waals surface area contributed by atoms with Crippen LogP contribution in [0.2, 0.25) is 0 Å². The molecule has 2 aromatic carbocycles. The Bertz CT molecular complexity index is 634. The molecule has 2 rings (SSSR count). The molecule has 0 atom stereocenters. The summed E-state index contributed by atoms with van der Waals surface area (Å²) in [5.41, 5.74) is 1.64. The standard InChI is InChI=1S/C17H16F4/c1-10(2)15-5-4-13(17(19,20)21)9-16(15)12-6-11(3)7-14(18)8-12/h4-10H,1-3H3. The first-order chi connectivity index (χ1) is 9.68. The van der Waals surface area contributed by atoms with Gasteiger partial charge in [0, 0.05) is 0 Å². The van der Waals surface area contributed by atoms with Crippen LogP contribution in [0.4, 0.5) is 17.6 Å². The molecule has 21 heavy (non-hydrogen) atoms. The van der Waals surface area contributed by atoms with Crippen molar-refractivity contribution in [3.05, 3.63) is 58.9 Å². The zero-order valence-electron chi connectivity index (χ0n) is 12.1. The van der Waals surface area contributed by atoms with Crippen LogP contribution in [0.3, 0.4) is 0 Å². The predicted octanol–water partition coefficient (Wildman–Crippen LogP) is 5.94. The van der Waals surface area contributed by atoms with Crippen LogP contribution in [0.15, 0.2) is 36.4 Å². The first-order valence-corrected chi connectivity index (χ1v) is 6.67. The van der Waals surface area contributed by atoms with E-state index in [0.29, 0.717) is 16.7 Å². The molecule has 0 saturated carbocycles. The van der Waals surface area contributed by atoms with Crippen molar-refractivity contribution < 1.29 is 17.6 Å². The Morgan fingerprint density at radius 1 is 0.952 bits per heavy atom. The minimum atomic E-state index is -4.41. The monoisotopic (exact) mass is 296 g/mol. The lowest BCUT2D eigenvalue weighted by Crippen LogP contribution is -2.06. The molecule has 0 saturated heterocycles. The van der Waals surface area contributed by atoms with E-state index in [0.717, 1.165) is 17.7 Å². The molecule has 0 N–H and O–H groups in total. The summed E-state index contributed by atoms with van der Waals surface area (Å²) in [6.07, 6.45) is -4.41. The molecular formula is C17H16F4. The van der Waals surface area contributed by atoms with E-state index in [4.69, 9.17) is 0 Å². The van der Waals surface area contributed by atoms with Gasteiger partial charge in [-0.05, 0) is 59.4 Å². The quantitative estimate of drug-likeness (QED) is 0.601. The van der Waals surface area contributed by atoms with E-state index < -0.39 is 17.6 Å². The lowest BCUT2D eigenvalue weighted by molar-refractivity contribution is -0.137. The van der Waals surface area contributed by atoms with E-state index >= 15 is 0 Å². The molecule has 0 heterocycles. The van der Waals surface area contributed by atoms with E-state index in [1.165, 1.54) is 18.2 Å². The molecule has 2 aromatic rings. The Morgan fingerprint density at radius 2 is 1.62 bits per heavy atom. The first kappa shape index (κ1) is 15.5. The highest BCUT2D eigenvalue weighted by atomic mass is 19.4. The molecule has 4 heteroatoms. The summed E-state index contributed by atoms with van der Waals surface area (Å²) in [5, 5.41) is 0. The molecule has 112 valence electrons. The largest absolute Gasteiger partial charge is 0.416 e. The molecule has 0 nitrogen and oxygen atoms in total. The fraction of sp³-hybridized carbons (Fsp3) is 0.294. The third-order valence-corrected chi connectivity index (χ3v) is 3.36. The summed E-state index contributed by atoms with van der Waals surface area (Å²) in [4.78, 5) is 0. The van der Waals surface area contributed by atoms with Crippen LogP contribution in [-0.2, 0) is 6.18 Å². The molecule has 0 amide bonds. The lowest BCUT2D eigenvalue weighted by atomic mass is 9.90. The summed E-state index contributed by atoms with van der Waals surface area (Å²) in [7, 11) is 0. The zero-order valence-corrected chi connectivity index (χ0v) is 12.1. The van der Waals surface area contributed by atoms with Crippen molar-refractivity contribution in [2.45, 2.75) is 32.9 Å². The number of aryl methyl sites for hydroxylation is 1. The Balaban J connectivity index is 2.68. The number of hydrogen-bond acceptors (Lipinski definition) is 0. The summed E-state index contributed by atoms with van der Waals surface area (Å²) >= 11 is 0. The fourth-order valence-electron chi connectivity index (χ4n) is 2.38. The summed E-state index contributed by atoms with van der Waals surface area (Å²) in [6, 6.07) is 7.97. The van der Waals surface area contributed by atoms with Crippen molar-refractivity contribution >= 4 is 0 Å². The molecule has 0 aliphatic carbocycles. The average molecular weight is 296 g/mol. The number of rotatable bonds is 2. The maximum atomic E-state index is 13.6. The van der Waals surface area contributed by atoms with Gasteiger partial charge in [-0.1, -0.05) is 26.0 Å². The van der Waals surface area contributed by atoms with Crippen molar-refractivity contribution in [2.75, 3.05) is 0 Å². The van der Waals surface area contributed by atoms with Gasteiger partial charge >= 0.3 is 6.18 Å². The minimum Gasteiger partial charge on any atom is -0.207 e. The van der Waals surface area contributed by atoms with Gasteiger partial charge in [-0.25, -0.2) is 4.39 Å². The Kier molecular flexibility index (Phi) is 4.08. The Labute approximate surface area is 121 Å². The van der Waals surface area contributed by atoms with E-state index in [9.17, 15) is 17.6 Å². The van der Waals surface area contributed by atoms with E-state index in [2.05, 4.69) is 0 Å². The smallest absolute Gasteiger partial charge is 0.207 e. The third kappa shape index (κ3) is 3.43. The van der Waals surface area contributed by atoms with Crippen molar-refractivity contribution in [1.82, 2.24) is 0 Å². The maximum Gasteiger partial charge on any atom is 0.416 e. The van der Waals surface area contributed by atoms with Crippen LogP contribution in [-0.4, -0.2) is 0 Å². The number of halogens is 4. The van der Waals surface area contributed by atoms with Crippen LogP contribution < -0.4 is 0 Å². The van der Waals surface area contributed by atoms with Gasteiger partial charge in [0.15, 0.2) is 0 Å². The highest BCUT2D eigenvalue weighted by Crippen LogP contribution is 2.36. The molecule has 0 radical (unpaired) electrons. The van der Waals surface area contributed by atoms with Crippen LogP contribution in [0.1, 0.15) is 36.5 Å². The van der Waals surface area contributed by atoms with Gasteiger partial charge in [-0.3, -0.25) is 0 Å². The van der Waals surface area contributed by atoms with Gasteiger partial charge in [0.1, 0.15) is 5.82 Å². The van der Waals surface area contributed by atoms with Crippen molar-refractivity contribution in [2.24, 2.45) is 0 Å². The molecule has 0 spiro atoms. The zero-order chi connectivity index (χ0) is 15.8. The second-order valence-electron chi connectivity index (χ2n) is 5.47. The molecule has 0 aliphatic heterocycles. The average Bonchev–Trinajstić information content (AvgIpc) is 2.35. The first-order valence-electron chi connectivity index (χ1n) is 6.67. The van der Waals surface area contributed by atoms with Gasteiger partial charge in [0.2, 0.25) is 0 Å².